The van der Waals surface area contributed by atoms with Gasteiger partial charge in [-0.25, -0.2) is 0 Å². The quantitative estimate of drug-likeness (QED) is 0.556. The molecule has 0 heterocycles. The molecule has 3 nitrogen and oxygen atoms in total. The number of hydrogen-bond donors (Lipinski definition) is 2. The molecule has 0 aliphatic rings. The summed E-state index contributed by atoms with van der Waals surface area (Å²) in [4.78, 5) is 0. The average molecular weight is 140 g/mol. The van der Waals surface area contributed by atoms with Crippen LogP contribution in [0.5, 0.6) is 0 Å². The largest absolute Gasteiger partial charge is 0.277 e. The fourth-order valence-corrected chi connectivity index (χ4v) is 1.82. The lowest BCUT2D eigenvalue weighted by atomic mass is 11.0. The Morgan fingerprint density at radius 3 is 2.14 bits per heavy atom. The van der Waals surface area contributed by atoms with Gasteiger partial charge in [0, 0.05) is 0 Å². The Morgan fingerprint density at radius 2 is 2.14 bits per heavy atom. The molecule has 0 aliphatic heterocycles. The minimum Gasteiger partial charge on any atom is -0.277 e. The summed E-state index contributed by atoms with van der Waals surface area (Å²) in [5.74, 6) is 0.713. The number of rotatable bonds is 2. The fraction of sp³-hybridized carbons (Fsp3) is 1.00. The maximum absolute atomic E-state index is 10.3. The van der Waals surface area contributed by atoms with Crippen LogP contribution in [0.1, 0.15) is 6.92 Å². The van der Waals surface area contributed by atoms with Crippen molar-refractivity contribution in [3.63, 3.8) is 0 Å². The van der Waals surface area contributed by atoms with Crippen molar-refractivity contribution in [1.29, 1.82) is 0 Å². The molecule has 0 spiro atoms. The van der Waals surface area contributed by atoms with Gasteiger partial charge < -0.3 is 0 Å². The summed E-state index contributed by atoms with van der Waals surface area (Å²) in [5.41, 5.74) is 9.88. The third-order valence-electron chi connectivity index (χ3n) is 0.331. The predicted octanol–water partition coefficient (Wildman–Crippen LogP) is 0.765. The summed E-state index contributed by atoms with van der Waals surface area (Å²) >= 11 is 1.10. The van der Waals surface area contributed by atoms with Gasteiger partial charge in [-0.05, 0) is 5.75 Å². The highest BCUT2D eigenvalue weighted by molar-refractivity contribution is 8.56. The van der Waals surface area contributed by atoms with Crippen molar-refractivity contribution in [3.8, 4) is 0 Å². The van der Waals surface area contributed by atoms with E-state index in [1.54, 1.807) is 0 Å². The van der Waals surface area contributed by atoms with Gasteiger partial charge in [0.25, 0.3) is 6.65 Å². The van der Waals surface area contributed by atoms with Crippen LogP contribution >= 0.6 is 18.0 Å². The van der Waals surface area contributed by atoms with Crippen molar-refractivity contribution in [2.45, 2.75) is 6.92 Å². The van der Waals surface area contributed by atoms with E-state index in [0.717, 1.165) is 11.4 Å². The van der Waals surface area contributed by atoms with Crippen LogP contribution in [-0.4, -0.2) is 5.75 Å². The van der Waals surface area contributed by atoms with E-state index in [4.69, 9.17) is 11.0 Å². The highest BCUT2D eigenvalue weighted by atomic mass is 32.7. The summed E-state index contributed by atoms with van der Waals surface area (Å²) in [5, 5.41) is 0. The molecule has 0 rings (SSSR count). The molecule has 0 radical (unpaired) electrons. The van der Waals surface area contributed by atoms with Crippen LogP contribution in [-0.2, 0) is 4.57 Å². The molecule has 0 saturated heterocycles. The van der Waals surface area contributed by atoms with Gasteiger partial charge in [-0.1, -0.05) is 18.3 Å². The summed E-state index contributed by atoms with van der Waals surface area (Å²) in [6.45, 7) is -0.891. The minimum absolute atomic E-state index is 0.713. The first-order valence-corrected chi connectivity index (χ1v) is 5.31. The van der Waals surface area contributed by atoms with Crippen molar-refractivity contribution in [2.24, 2.45) is 11.0 Å². The second-order valence-corrected chi connectivity index (χ2v) is 5.68. The molecule has 0 amide bonds. The topological polar surface area (TPSA) is 69.1 Å². The molecule has 0 fully saturated rings. The highest BCUT2D eigenvalue weighted by Gasteiger charge is 2.04. The van der Waals surface area contributed by atoms with Gasteiger partial charge in [-0.3, -0.25) is 15.6 Å². The Labute approximate surface area is 47.1 Å². The van der Waals surface area contributed by atoms with Gasteiger partial charge in [-0.2, -0.15) is 0 Å². The third-order valence-corrected chi connectivity index (χ3v) is 2.98. The lowest BCUT2D eigenvalue weighted by Crippen LogP contribution is -1.99. The minimum atomic E-state index is -2.75. The molecule has 4 N–H and O–H groups in total. The fourth-order valence-electron chi connectivity index (χ4n) is 0.202. The van der Waals surface area contributed by atoms with Crippen LogP contribution in [0.3, 0.4) is 0 Å². The molecule has 5 heteroatoms. The maximum atomic E-state index is 10.3. The van der Waals surface area contributed by atoms with Crippen LogP contribution in [0.15, 0.2) is 0 Å². The van der Waals surface area contributed by atoms with E-state index < -0.39 is 6.65 Å². The van der Waals surface area contributed by atoms with Crippen LogP contribution in [0.4, 0.5) is 0 Å². The molecule has 0 aromatic heterocycles. The third kappa shape index (κ3) is 6.50. The summed E-state index contributed by atoms with van der Waals surface area (Å²) in [6, 6.07) is 0. The molecule has 44 valence electrons. The highest BCUT2D eigenvalue weighted by Crippen LogP contribution is 2.41. The standard InChI is InChI=1S/C2H9N2OPS/c1-2-7-6(3,4)5/h2H2,1H3,(H4,3,4,5). The SMILES string of the molecule is CCSP(N)(N)=O. The van der Waals surface area contributed by atoms with E-state index in [1.807, 2.05) is 6.92 Å². The van der Waals surface area contributed by atoms with Crippen molar-refractivity contribution in [2.75, 3.05) is 5.75 Å². The van der Waals surface area contributed by atoms with Crippen LogP contribution in [0.25, 0.3) is 0 Å². The average Bonchev–Trinajstić information content (AvgIpc) is 1.30. The van der Waals surface area contributed by atoms with Gasteiger partial charge >= 0.3 is 0 Å². The van der Waals surface area contributed by atoms with Gasteiger partial charge in [0.05, 0.1) is 0 Å². The van der Waals surface area contributed by atoms with E-state index in [2.05, 4.69) is 0 Å². The van der Waals surface area contributed by atoms with Gasteiger partial charge in [0.15, 0.2) is 0 Å². The molecule has 0 aromatic rings. The zero-order chi connectivity index (χ0) is 5.91. The van der Waals surface area contributed by atoms with Crippen molar-refractivity contribution >= 4 is 18.0 Å². The molecular formula is C2H9N2OPS. The van der Waals surface area contributed by atoms with Crippen molar-refractivity contribution < 1.29 is 4.57 Å². The number of nitrogens with two attached hydrogens (primary N) is 2. The van der Waals surface area contributed by atoms with Gasteiger partial charge in [-0.15, -0.1) is 0 Å². The normalized spacial score (nSPS) is 11.9. The molecule has 7 heavy (non-hydrogen) atoms. The van der Waals surface area contributed by atoms with E-state index in [-0.39, 0.29) is 0 Å². The first-order chi connectivity index (χ1) is 3.06. The van der Waals surface area contributed by atoms with E-state index in [0.29, 0.717) is 5.75 Å². The number of hydrogen-bond acceptors (Lipinski definition) is 2. The first kappa shape index (κ1) is 7.50. The first-order valence-electron chi connectivity index (χ1n) is 1.88. The van der Waals surface area contributed by atoms with E-state index in [1.165, 1.54) is 0 Å². The molecule has 0 atom stereocenters. The monoisotopic (exact) mass is 140 g/mol. The Hall–Kier alpha value is 0.500. The maximum Gasteiger partial charge on any atom is 0.261 e. The molecule has 0 aliphatic carbocycles. The Balaban J connectivity index is 3.36. The summed E-state index contributed by atoms with van der Waals surface area (Å²) < 4.78 is 10.3. The second kappa shape index (κ2) is 2.72. The Kier molecular flexibility index (Phi) is 2.92. The van der Waals surface area contributed by atoms with Crippen LogP contribution < -0.4 is 11.0 Å². The van der Waals surface area contributed by atoms with E-state index in [9.17, 15) is 4.57 Å². The second-order valence-electron chi connectivity index (χ2n) is 1.06. The lowest BCUT2D eigenvalue weighted by Gasteiger charge is -1.99. The zero-order valence-corrected chi connectivity index (χ0v) is 5.84. The summed E-state index contributed by atoms with van der Waals surface area (Å²) in [6.07, 6.45) is 0. The molecular weight excluding hydrogens is 131 g/mol. The van der Waals surface area contributed by atoms with Crippen LogP contribution in [0, 0.1) is 0 Å². The Bertz CT molecular complexity index is 89.7. The molecule has 0 bridgehead atoms. The zero-order valence-electron chi connectivity index (χ0n) is 4.13. The smallest absolute Gasteiger partial charge is 0.261 e. The van der Waals surface area contributed by atoms with Crippen LogP contribution in [0.2, 0.25) is 0 Å². The Morgan fingerprint density at radius 1 is 1.71 bits per heavy atom. The van der Waals surface area contributed by atoms with Crippen molar-refractivity contribution in [3.05, 3.63) is 0 Å². The van der Waals surface area contributed by atoms with Gasteiger partial charge in [0.1, 0.15) is 0 Å². The molecule has 0 aromatic carbocycles. The molecule has 0 unspecified atom stereocenters. The molecule has 0 saturated carbocycles. The van der Waals surface area contributed by atoms with Gasteiger partial charge in [0.2, 0.25) is 0 Å². The van der Waals surface area contributed by atoms with E-state index >= 15 is 0 Å². The van der Waals surface area contributed by atoms with Crippen molar-refractivity contribution in [1.82, 2.24) is 0 Å². The summed E-state index contributed by atoms with van der Waals surface area (Å²) in [7, 11) is 0. The lowest BCUT2D eigenvalue weighted by molar-refractivity contribution is 0.587. The predicted molar refractivity (Wildman–Crippen MR) is 34.1 cm³/mol.